The van der Waals surface area contributed by atoms with E-state index in [0.29, 0.717) is 19.8 Å². The number of hydrogen-bond acceptors (Lipinski definition) is 4. The van der Waals surface area contributed by atoms with Gasteiger partial charge in [-0.1, -0.05) is 91.4 Å². The van der Waals surface area contributed by atoms with Gasteiger partial charge in [0.1, 0.15) is 0 Å². The van der Waals surface area contributed by atoms with Crippen LogP contribution in [-0.4, -0.2) is 19.8 Å². The topological polar surface area (TPSA) is 44.8 Å². The Kier molecular flexibility index (Phi) is 19.0. The lowest BCUT2D eigenvalue weighted by atomic mass is 10.1. The molecule has 0 radical (unpaired) electrons. The van der Waals surface area contributed by atoms with Crippen molar-refractivity contribution in [3.8, 4) is 0 Å². The van der Waals surface area contributed by atoms with Crippen molar-refractivity contribution in [2.75, 3.05) is 19.8 Å². The van der Waals surface area contributed by atoms with Gasteiger partial charge in [0.2, 0.25) is 0 Å². The molecule has 0 aromatic rings. The van der Waals surface area contributed by atoms with Gasteiger partial charge in [0.05, 0.1) is 19.8 Å². The summed E-state index contributed by atoms with van der Waals surface area (Å²) in [5, 5.41) is 0. The van der Waals surface area contributed by atoms with E-state index >= 15 is 0 Å². The molecule has 152 valence electrons. The minimum absolute atomic E-state index is 0.445. The lowest BCUT2D eigenvalue weighted by Gasteiger charge is -2.18. The summed E-state index contributed by atoms with van der Waals surface area (Å²) in [4.78, 5) is 0. The third kappa shape index (κ3) is 17.3. The van der Waals surface area contributed by atoms with Crippen LogP contribution in [0, 0.1) is 0 Å². The van der Waals surface area contributed by atoms with Crippen molar-refractivity contribution in [3.63, 3.8) is 0 Å². The molecule has 0 aromatic carbocycles. The highest BCUT2D eigenvalue weighted by molar-refractivity contribution is 7.48. The molecule has 0 spiro atoms. The van der Waals surface area contributed by atoms with Gasteiger partial charge in [-0.15, -0.1) is 0 Å². The van der Waals surface area contributed by atoms with E-state index in [1.807, 2.05) is 0 Å². The van der Waals surface area contributed by atoms with Crippen molar-refractivity contribution in [2.24, 2.45) is 0 Å². The summed E-state index contributed by atoms with van der Waals surface area (Å²) in [6, 6.07) is 0. The Morgan fingerprint density at radius 1 is 0.480 bits per heavy atom. The molecule has 0 saturated heterocycles. The van der Waals surface area contributed by atoms with Crippen LogP contribution in [-0.2, 0) is 18.1 Å². The molecule has 0 heterocycles. The zero-order valence-corrected chi connectivity index (χ0v) is 18.0. The van der Waals surface area contributed by atoms with Crippen molar-refractivity contribution in [2.45, 2.75) is 111 Å². The molecule has 0 N–H and O–H groups in total. The SMILES string of the molecule is CCCCCCCCOP(=O)(OCCCC)OCCCCCCCC. The zero-order valence-electron chi connectivity index (χ0n) is 17.1. The van der Waals surface area contributed by atoms with E-state index in [-0.39, 0.29) is 0 Å². The molecule has 5 heteroatoms. The van der Waals surface area contributed by atoms with Crippen molar-refractivity contribution in [1.82, 2.24) is 0 Å². The molecule has 0 aliphatic rings. The van der Waals surface area contributed by atoms with Gasteiger partial charge in [0.15, 0.2) is 0 Å². The highest BCUT2D eigenvalue weighted by atomic mass is 31.2. The van der Waals surface area contributed by atoms with E-state index in [1.165, 1.54) is 51.4 Å². The molecule has 0 aliphatic heterocycles. The van der Waals surface area contributed by atoms with Gasteiger partial charge < -0.3 is 0 Å². The Labute approximate surface area is 157 Å². The van der Waals surface area contributed by atoms with Crippen LogP contribution >= 0.6 is 7.82 Å². The Bertz CT molecular complexity index is 288. The van der Waals surface area contributed by atoms with Crippen LogP contribution in [0.25, 0.3) is 0 Å². The predicted molar refractivity (Wildman–Crippen MR) is 107 cm³/mol. The van der Waals surface area contributed by atoms with Gasteiger partial charge in [-0.05, 0) is 19.3 Å². The van der Waals surface area contributed by atoms with Gasteiger partial charge in [0, 0.05) is 0 Å². The largest absolute Gasteiger partial charge is 0.474 e. The molecule has 0 amide bonds. The highest BCUT2D eigenvalue weighted by Gasteiger charge is 2.25. The van der Waals surface area contributed by atoms with Crippen LogP contribution in [0.15, 0.2) is 0 Å². The summed E-state index contributed by atoms with van der Waals surface area (Å²) in [5.74, 6) is 0. The minimum Gasteiger partial charge on any atom is -0.287 e. The average molecular weight is 379 g/mol. The fourth-order valence-electron chi connectivity index (χ4n) is 2.55. The standard InChI is InChI=1S/C20H43O4P/c1-4-7-10-12-14-16-19-23-25(21,22-18-9-6-3)24-20-17-15-13-11-8-5-2/h4-20H2,1-3H3. The fourth-order valence-corrected chi connectivity index (χ4v) is 3.83. The maximum absolute atomic E-state index is 12.7. The molecule has 25 heavy (non-hydrogen) atoms. The number of unbranched alkanes of at least 4 members (excludes halogenated alkanes) is 11. The molecule has 0 fully saturated rings. The van der Waals surface area contributed by atoms with Crippen LogP contribution in [0.3, 0.4) is 0 Å². The number of rotatable bonds is 20. The molecule has 0 rings (SSSR count). The van der Waals surface area contributed by atoms with Crippen molar-refractivity contribution in [1.29, 1.82) is 0 Å². The van der Waals surface area contributed by atoms with Crippen LogP contribution < -0.4 is 0 Å². The summed E-state index contributed by atoms with van der Waals surface area (Å²) in [5.41, 5.74) is 0. The van der Waals surface area contributed by atoms with E-state index in [4.69, 9.17) is 13.6 Å². The van der Waals surface area contributed by atoms with Gasteiger partial charge >= 0.3 is 7.82 Å². The summed E-state index contributed by atoms with van der Waals surface area (Å²) in [7, 11) is -3.37. The monoisotopic (exact) mass is 378 g/mol. The highest BCUT2D eigenvalue weighted by Crippen LogP contribution is 2.49. The lowest BCUT2D eigenvalue weighted by molar-refractivity contribution is 0.109. The van der Waals surface area contributed by atoms with Crippen LogP contribution in [0.4, 0.5) is 0 Å². The smallest absolute Gasteiger partial charge is 0.287 e. The third-order valence-electron chi connectivity index (χ3n) is 4.24. The Morgan fingerprint density at radius 3 is 1.20 bits per heavy atom. The maximum Gasteiger partial charge on any atom is 0.474 e. The molecule has 0 bridgehead atoms. The van der Waals surface area contributed by atoms with E-state index < -0.39 is 7.82 Å². The molecular formula is C20H43O4P. The minimum atomic E-state index is -3.37. The number of hydrogen-bond donors (Lipinski definition) is 0. The normalized spacial score (nSPS) is 12.0. The lowest BCUT2D eigenvalue weighted by Crippen LogP contribution is -2.04. The van der Waals surface area contributed by atoms with Gasteiger partial charge in [-0.2, -0.15) is 0 Å². The maximum atomic E-state index is 12.7. The summed E-state index contributed by atoms with van der Waals surface area (Å²) in [6.07, 6.45) is 16.0. The first-order valence-corrected chi connectivity index (χ1v) is 12.2. The van der Waals surface area contributed by atoms with Gasteiger partial charge in [-0.25, -0.2) is 4.57 Å². The van der Waals surface area contributed by atoms with Crippen LogP contribution in [0.5, 0.6) is 0 Å². The summed E-state index contributed by atoms with van der Waals surface area (Å²) >= 11 is 0. The molecule has 0 aliphatic carbocycles. The quantitative estimate of drug-likeness (QED) is 0.161. The molecular weight excluding hydrogens is 335 g/mol. The summed E-state index contributed by atoms with van der Waals surface area (Å²) in [6.45, 7) is 7.89. The Hall–Kier alpha value is 0.110. The van der Waals surface area contributed by atoms with Gasteiger partial charge in [-0.3, -0.25) is 13.6 Å². The molecule has 4 nitrogen and oxygen atoms in total. The zero-order chi connectivity index (χ0) is 18.6. The predicted octanol–water partition coefficient (Wildman–Crippen LogP) is 7.67. The first kappa shape index (κ1) is 25.1. The van der Waals surface area contributed by atoms with E-state index in [9.17, 15) is 4.57 Å². The molecule has 0 atom stereocenters. The van der Waals surface area contributed by atoms with Gasteiger partial charge in [0.25, 0.3) is 0 Å². The van der Waals surface area contributed by atoms with Crippen LogP contribution in [0.1, 0.15) is 111 Å². The van der Waals surface area contributed by atoms with E-state index in [0.717, 1.165) is 38.5 Å². The Morgan fingerprint density at radius 2 is 0.800 bits per heavy atom. The van der Waals surface area contributed by atoms with Crippen molar-refractivity contribution in [3.05, 3.63) is 0 Å². The first-order valence-electron chi connectivity index (χ1n) is 10.7. The van der Waals surface area contributed by atoms with Crippen LogP contribution in [0.2, 0.25) is 0 Å². The van der Waals surface area contributed by atoms with E-state index in [1.54, 1.807) is 0 Å². The summed E-state index contributed by atoms with van der Waals surface area (Å²) < 4.78 is 29.2. The van der Waals surface area contributed by atoms with Crippen molar-refractivity contribution >= 4 is 7.82 Å². The Balaban J connectivity index is 3.92. The molecule has 0 saturated carbocycles. The molecule has 0 aromatic heterocycles. The third-order valence-corrected chi connectivity index (χ3v) is 5.74. The number of phosphoric ester groups is 1. The first-order chi connectivity index (χ1) is 12.2. The average Bonchev–Trinajstić information content (AvgIpc) is 2.60. The molecule has 0 unspecified atom stereocenters. The second-order valence-electron chi connectivity index (χ2n) is 6.84. The number of phosphoric acid groups is 1. The second kappa shape index (κ2) is 18.9. The fraction of sp³-hybridized carbons (Fsp3) is 1.00. The van der Waals surface area contributed by atoms with E-state index in [2.05, 4.69) is 20.8 Å². The van der Waals surface area contributed by atoms with Crippen molar-refractivity contribution < 1.29 is 18.1 Å². The second-order valence-corrected chi connectivity index (χ2v) is 8.50.